The van der Waals surface area contributed by atoms with E-state index in [1.54, 1.807) is 29.1 Å². The fourth-order valence-corrected chi connectivity index (χ4v) is 6.08. The number of para-hydroxylation sites is 1. The van der Waals surface area contributed by atoms with E-state index in [2.05, 4.69) is 27.3 Å². The Bertz CT molecular complexity index is 1260. The zero-order valence-electron chi connectivity index (χ0n) is 18.4. The van der Waals surface area contributed by atoms with Crippen molar-refractivity contribution in [1.29, 1.82) is 0 Å². The van der Waals surface area contributed by atoms with E-state index < -0.39 is 0 Å². The minimum Gasteiger partial charge on any atom is -0.383 e. The first-order valence-electron chi connectivity index (χ1n) is 10.7. The zero-order chi connectivity index (χ0) is 22.8. The number of nitrogens with zero attached hydrogens (tertiary/aromatic N) is 4. The molecule has 1 N–H and O–H groups in total. The van der Waals surface area contributed by atoms with Crippen LogP contribution in [0.5, 0.6) is 0 Å². The van der Waals surface area contributed by atoms with Crippen LogP contribution in [0.3, 0.4) is 0 Å². The van der Waals surface area contributed by atoms with Crippen LogP contribution in [0.2, 0.25) is 0 Å². The maximum Gasteiger partial charge on any atom is 0.269 e. The van der Waals surface area contributed by atoms with Crippen LogP contribution in [0.4, 0.5) is 17.1 Å². The molecule has 1 aromatic heterocycles. The average molecular weight is 474 g/mol. The van der Waals surface area contributed by atoms with Gasteiger partial charge in [0.05, 0.1) is 29.1 Å². The van der Waals surface area contributed by atoms with Gasteiger partial charge in [0.25, 0.3) is 5.91 Å². The lowest BCUT2D eigenvalue weighted by Gasteiger charge is -2.17. The number of benzene rings is 2. The van der Waals surface area contributed by atoms with Gasteiger partial charge in [-0.25, -0.2) is 4.99 Å². The summed E-state index contributed by atoms with van der Waals surface area (Å²) >= 11 is 3.06. The molecule has 166 valence electrons. The molecule has 0 saturated carbocycles. The lowest BCUT2D eigenvalue weighted by atomic mass is 10.2. The molecule has 6 nitrogen and oxygen atoms in total. The molecule has 2 aliphatic rings. The third kappa shape index (κ3) is 4.24. The molecule has 3 heterocycles. The highest BCUT2D eigenvalue weighted by Crippen LogP contribution is 2.50. The van der Waals surface area contributed by atoms with Gasteiger partial charge in [-0.05, 0) is 42.4 Å². The molecule has 1 saturated heterocycles. The van der Waals surface area contributed by atoms with Crippen molar-refractivity contribution in [3.63, 3.8) is 0 Å². The van der Waals surface area contributed by atoms with Gasteiger partial charge in [-0.3, -0.25) is 14.7 Å². The predicted molar refractivity (Wildman–Crippen MR) is 138 cm³/mol. The number of hydrogen-bond acceptors (Lipinski definition) is 7. The van der Waals surface area contributed by atoms with Crippen molar-refractivity contribution >= 4 is 51.7 Å². The molecule has 0 spiro atoms. The lowest BCUT2D eigenvalue weighted by Crippen LogP contribution is -2.29. The number of amidine groups is 1. The number of nitrogens with one attached hydrogen (secondary N) is 1. The van der Waals surface area contributed by atoms with Crippen molar-refractivity contribution < 1.29 is 4.79 Å². The van der Waals surface area contributed by atoms with Gasteiger partial charge in [-0.2, -0.15) is 0 Å². The van der Waals surface area contributed by atoms with E-state index in [0.717, 1.165) is 39.1 Å². The molecule has 0 aliphatic carbocycles. The molecular weight excluding hydrogens is 450 g/mol. The van der Waals surface area contributed by atoms with Gasteiger partial charge in [0.1, 0.15) is 10.6 Å². The van der Waals surface area contributed by atoms with E-state index in [4.69, 9.17) is 4.99 Å². The first-order chi connectivity index (χ1) is 16.2. The number of aliphatic imine (C=N–C) groups is 1. The minimum absolute atomic E-state index is 0.0290. The van der Waals surface area contributed by atoms with E-state index in [1.165, 1.54) is 11.8 Å². The van der Waals surface area contributed by atoms with Crippen LogP contribution < -0.4 is 10.2 Å². The fraction of sp³-hybridized carbons (Fsp3) is 0.160. The summed E-state index contributed by atoms with van der Waals surface area (Å²) in [6, 6.07) is 20.1. The van der Waals surface area contributed by atoms with Crippen LogP contribution in [-0.4, -0.2) is 34.6 Å². The highest BCUT2D eigenvalue weighted by atomic mass is 32.2. The summed E-state index contributed by atoms with van der Waals surface area (Å²) in [7, 11) is 2.01. The number of carbonyl (C=O) groups excluding carboxylic acids is 1. The number of thioether (sulfide) groups is 2. The van der Waals surface area contributed by atoms with Crippen molar-refractivity contribution in [2.24, 2.45) is 4.99 Å². The number of carbonyl (C=O) groups is 1. The number of anilines is 2. The average Bonchev–Trinajstić information content (AvgIpc) is 3.33. The summed E-state index contributed by atoms with van der Waals surface area (Å²) in [5.74, 6) is -0.0290. The Morgan fingerprint density at radius 1 is 1.03 bits per heavy atom. The first-order valence-corrected chi connectivity index (χ1v) is 12.3. The SMILES string of the molecule is CCNc1ccncc1N=C1SC(=C2Sc3ccccc3N2C)C(=O)N1Cc1ccccc1. The Hall–Kier alpha value is -3.23. The Morgan fingerprint density at radius 2 is 1.82 bits per heavy atom. The van der Waals surface area contributed by atoms with Crippen molar-refractivity contribution in [3.8, 4) is 0 Å². The van der Waals surface area contributed by atoms with Gasteiger partial charge in [-0.15, -0.1) is 0 Å². The molecule has 0 atom stereocenters. The van der Waals surface area contributed by atoms with Gasteiger partial charge in [0.15, 0.2) is 5.17 Å². The molecular formula is C25H23N5OS2. The maximum absolute atomic E-state index is 13.7. The van der Waals surface area contributed by atoms with E-state index in [1.807, 2.05) is 62.5 Å². The van der Waals surface area contributed by atoms with Crippen LogP contribution in [0.25, 0.3) is 0 Å². The molecule has 2 aromatic carbocycles. The van der Waals surface area contributed by atoms with Crippen LogP contribution in [-0.2, 0) is 11.3 Å². The monoisotopic (exact) mass is 473 g/mol. The summed E-state index contributed by atoms with van der Waals surface area (Å²) in [5.41, 5.74) is 3.78. The normalized spacial score (nSPS) is 18.8. The Balaban J connectivity index is 1.57. The van der Waals surface area contributed by atoms with Gasteiger partial charge < -0.3 is 10.2 Å². The van der Waals surface area contributed by atoms with Crippen molar-refractivity contribution in [2.75, 3.05) is 23.8 Å². The summed E-state index contributed by atoms with van der Waals surface area (Å²) in [5, 5.41) is 4.92. The van der Waals surface area contributed by atoms with Gasteiger partial charge in [0, 0.05) is 24.7 Å². The topological polar surface area (TPSA) is 60.8 Å². The van der Waals surface area contributed by atoms with E-state index >= 15 is 0 Å². The molecule has 1 fully saturated rings. The molecule has 0 bridgehead atoms. The lowest BCUT2D eigenvalue weighted by molar-refractivity contribution is -0.122. The van der Waals surface area contributed by atoms with E-state index in [-0.39, 0.29) is 5.91 Å². The Kier molecular flexibility index (Phi) is 6.11. The van der Waals surface area contributed by atoms with Crippen LogP contribution in [0.1, 0.15) is 12.5 Å². The number of pyridine rings is 1. The Labute approximate surface area is 201 Å². The highest BCUT2D eigenvalue weighted by molar-refractivity contribution is 8.19. The predicted octanol–water partition coefficient (Wildman–Crippen LogP) is 5.69. The van der Waals surface area contributed by atoms with Gasteiger partial charge in [-0.1, -0.05) is 54.2 Å². The quantitative estimate of drug-likeness (QED) is 0.481. The smallest absolute Gasteiger partial charge is 0.269 e. The molecule has 0 radical (unpaired) electrons. The van der Waals surface area contributed by atoms with E-state index in [9.17, 15) is 4.79 Å². The van der Waals surface area contributed by atoms with E-state index in [0.29, 0.717) is 16.6 Å². The summed E-state index contributed by atoms with van der Waals surface area (Å²) in [4.78, 5) is 28.6. The molecule has 5 rings (SSSR count). The second-order valence-corrected chi connectivity index (χ2v) is 9.57. The second-order valence-electron chi connectivity index (χ2n) is 7.56. The van der Waals surface area contributed by atoms with Crippen LogP contribution in [0.15, 0.2) is 92.9 Å². The van der Waals surface area contributed by atoms with Crippen LogP contribution >= 0.6 is 23.5 Å². The molecule has 8 heteroatoms. The molecule has 33 heavy (non-hydrogen) atoms. The summed E-state index contributed by atoms with van der Waals surface area (Å²) in [6.07, 6.45) is 3.47. The zero-order valence-corrected chi connectivity index (χ0v) is 20.0. The minimum atomic E-state index is -0.0290. The third-order valence-electron chi connectivity index (χ3n) is 5.36. The number of aromatic nitrogens is 1. The van der Waals surface area contributed by atoms with Crippen molar-refractivity contribution in [3.05, 3.63) is 88.6 Å². The maximum atomic E-state index is 13.7. The number of hydrogen-bond donors (Lipinski definition) is 1. The standard InChI is InChI=1S/C25H23N5OS2/c1-3-27-18-13-14-26-15-19(18)28-25-30(16-17-9-5-4-6-10-17)23(31)22(33-25)24-29(2)20-11-7-8-12-21(20)32-24/h4-15H,3,16H2,1-2H3,(H,26,27). The Morgan fingerprint density at radius 3 is 2.61 bits per heavy atom. The number of fused-ring (bicyclic) bond motifs is 1. The third-order valence-corrected chi connectivity index (χ3v) is 7.79. The number of amides is 1. The molecule has 2 aliphatic heterocycles. The molecule has 3 aromatic rings. The van der Waals surface area contributed by atoms with Gasteiger partial charge in [0.2, 0.25) is 0 Å². The first kappa shape index (κ1) is 21.6. The van der Waals surface area contributed by atoms with Crippen molar-refractivity contribution in [1.82, 2.24) is 9.88 Å². The fourth-order valence-electron chi connectivity index (χ4n) is 3.74. The summed E-state index contributed by atoms with van der Waals surface area (Å²) in [6.45, 7) is 3.28. The van der Waals surface area contributed by atoms with Gasteiger partial charge >= 0.3 is 0 Å². The number of rotatable bonds is 5. The van der Waals surface area contributed by atoms with Crippen LogP contribution in [0, 0.1) is 0 Å². The largest absolute Gasteiger partial charge is 0.383 e. The highest BCUT2D eigenvalue weighted by Gasteiger charge is 2.39. The second kappa shape index (κ2) is 9.33. The molecule has 0 unspecified atom stereocenters. The molecule has 1 amide bonds. The van der Waals surface area contributed by atoms with Crippen molar-refractivity contribution in [2.45, 2.75) is 18.4 Å². The summed E-state index contributed by atoms with van der Waals surface area (Å²) < 4.78 is 0.